The van der Waals surface area contributed by atoms with Crippen LogP contribution in [0.3, 0.4) is 0 Å². The average molecular weight is 582 g/mol. The Hall–Kier alpha value is -3.89. The Morgan fingerprint density at radius 3 is 1.76 bits per heavy atom. The third-order valence-electron chi connectivity index (χ3n) is 7.05. The van der Waals surface area contributed by atoms with Gasteiger partial charge >= 0.3 is 12.7 Å². The molecular weight excluding hydrogens is 552 g/mol. The van der Waals surface area contributed by atoms with Gasteiger partial charge in [-0.15, -0.1) is 26.3 Å². The van der Waals surface area contributed by atoms with Gasteiger partial charge in [-0.3, -0.25) is 4.79 Å². The minimum Gasteiger partial charge on any atom is -0.497 e. The van der Waals surface area contributed by atoms with E-state index in [0.717, 1.165) is 49.9 Å². The summed E-state index contributed by atoms with van der Waals surface area (Å²) in [7, 11) is 1.49. The summed E-state index contributed by atoms with van der Waals surface area (Å²) in [5.41, 5.74) is -0.602. The number of nitrogens with one attached hydrogen (secondary N) is 1. The molecule has 1 N–H and O–H groups in total. The summed E-state index contributed by atoms with van der Waals surface area (Å²) in [6.07, 6.45) is -6.11. The van der Waals surface area contributed by atoms with E-state index >= 15 is 0 Å². The van der Waals surface area contributed by atoms with Crippen molar-refractivity contribution in [3.8, 4) is 17.2 Å². The van der Waals surface area contributed by atoms with E-state index in [9.17, 15) is 31.1 Å². The van der Waals surface area contributed by atoms with Crippen LogP contribution in [0.25, 0.3) is 0 Å². The number of hydrogen-bond acceptors (Lipinski definition) is 4. The zero-order valence-corrected chi connectivity index (χ0v) is 22.1. The average Bonchev–Trinajstić information content (AvgIpc) is 3.40. The van der Waals surface area contributed by atoms with Crippen molar-refractivity contribution >= 4 is 5.91 Å². The monoisotopic (exact) mass is 581 g/mol. The number of alkyl halides is 6. The maximum Gasteiger partial charge on any atom is 0.573 e. The SMILES string of the molecule is COc1ccc(CC(NC(=O)CC2CCCC2)(c2cccc(OC(F)(F)F)c2)c2cccc(OC(F)(F)F)c2)cc1. The van der Waals surface area contributed by atoms with Gasteiger partial charge in [0, 0.05) is 12.8 Å². The molecule has 1 aliphatic rings. The van der Waals surface area contributed by atoms with Crippen LogP contribution in [0.5, 0.6) is 17.2 Å². The van der Waals surface area contributed by atoms with Crippen molar-refractivity contribution in [3.63, 3.8) is 0 Å². The lowest BCUT2D eigenvalue weighted by molar-refractivity contribution is -0.275. The Balaban J connectivity index is 1.88. The summed E-state index contributed by atoms with van der Waals surface area (Å²) in [6.45, 7) is 0. The van der Waals surface area contributed by atoms with Crippen molar-refractivity contribution in [2.45, 2.75) is 56.8 Å². The standard InChI is InChI=1S/C30H29F6NO4/c1-39-24-14-12-21(13-15-24)19-28(37-27(38)16-20-6-2-3-7-20,22-8-4-10-25(17-22)40-29(31,32)33)23-9-5-11-26(18-23)41-30(34,35)36/h4-5,8-15,17-18,20H,2-3,6-7,16,19H2,1H3,(H,37,38). The third kappa shape index (κ3) is 8.31. The van der Waals surface area contributed by atoms with E-state index < -0.39 is 29.8 Å². The number of amides is 1. The van der Waals surface area contributed by atoms with E-state index in [4.69, 9.17) is 4.74 Å². The van der Waals surface area contributed by atoms with E-state index in [1.165, 1.54) is 31.4 Å². The lowest BCUT2D eigenvalue weighted by Crippen LogP contribution is -2.49. The van der Waals surface area contributed by atoms with E-state index in [0.29, 0.717) is 11.3 Å². The van der Waals surface area contributed by atoms with Gasteiger partial charge in [-0.25, -0.2) is 0 Å². The number of hydrogen-bond donors (Lipinski definition) is 1. The molecule has 0 spiro atoms. The molecule has 0 unspecified atom stereocenters. The number of carbonyl (C=O) groups is 1. The van der Waals surface area contributed by atoms with E-state index in [-0.39, 0.29) is 35.8 Å². The molecule has 4 rings (SSSR count). The Kier molecular flexibility index (Phi) is 9.04. The highest BCUT2D eigenvalue weighted by molar-refractivity contribution is 5.78. The number of carbonyl (C=O) groups excluding carboxylic acids is 1. The Labute approximate surface area is 233 Å². The van der Waals surface area contributed by atoms with Gasteiger partial charge in [0.15, 0.2) is 0 Å². The predicted molar refractivity (Wildman–Crippen MR) is 138 cm³/mol. The van der Waals surface area contributed by atoms with Crippen molar-refractivity contribution < 1.29 is 45.3 Å². The predicted octanol–water partition coefficient (Wildman–Crippen LogP) is 7.68. The molecular formula is C30H29F6NO4. The molecule has 0 atom stereocenters. The summed E-state index contributed by atoms with van der Waals surface area (Å²) in [6, 6.07) is 16.9. The minimum absolute atomic E-state index is 0.0155. The molecule has 5 nitrogen and oxygen atoms in total. The summed E-state index contributed by atoms with van der Waals surface area (Å²) >= 11 is 0. The van der Waals surface area contributed by atoms with Gasteiger partial charge in [0.2, 0.25) is 5.91 Å². The zero-order chi connectivity index (χ0) is 29.7. The summed E-state index contributed by atoms with van der Waals surface area (Å²) in [5, 5.41) is 3.00. The van der Waals surface area contributed by atoms with Gasteiger partial charge in [-0.1, -0.05) is 49.2 Å². The molecule has 0 heterocycles. The van der Waals surface area contributed by atoms with Crippen LogP contribution in [0.15, 0.2) is 72.8 Å². The lowest BCUT2D eigenvalue weighted by atomic mass is 9.77. The van der Waals surface area contributed by atoms with Gasteiger partial charge in [0.25, 0.3) is 0 Å². The molecule has 41 heavy (non-hydrogen) atoms. The summed E-state index contributed by atoms with van der Waals surface area (Å²) in [4.78, 5) is 13.5. The minimum atomic E-state index is -4.98. The number of benzene rings is 3. The molecule has 3 aromatic rings. The maximum absolute atomic E-state index is 13.5. The molecule has 0 saturated heterocycles. The molecule has 1 amide bonds. The third-order valence-corrected chi connectivity index (χ3v) is 7.05. The zero-order valence-electron chi connectivity index (χ0n) is 22.1. The molecule has 1 aliphatic carbocycles. The van der Waals surface area contributed by atoms with Crippen LogP contribution in [0.4, 0.5) is 26.3 Å². The fourth-order valence-corrected chi connectivity index (χ4v) is 5.29. The van der Waals surface area contributed by atoms with Gasteiger partial charge in [-0.05, 0) is 71.8 Å². The first kappa shape index (κ1) is 30.1. The van der Waals surface area contributed by atoms with Crippen molar-refractivity contribution in [2.24, 2.45) is 5.92 Å². The fraction of sp³-hybridized carbons (Fsp3) is 0.367. The highest BCUT2D eigenvalue weighted by Gasteiger charge is 2.39. The molecule has 0 radical (unpaired) electrons. The van der Waals surface area contributed by atoms with Gasteiger partial charge in [-0.2, -0.15) is 0 Å². The van der Waals surface area contributed by atoms with E-state index in [2.05, 4.69) is 14.8 Å². The molecule has 0 aromatic heterocycles. The molecule has 1 saturated carbocycles. The van der Waals surface area contributed by atoms with Gasteiger partial charge in [0.1, 0.15) is 17.2 Å². The van der Waals surface area contributed by atoms with Crippen LogP contribution >= 0.6 is 0 Å². The molecule has 0 aliphatic heterocycles. The molecule has 220 valence electrons. The van der Waals surface area contributed by atoms with Crippen LogP contribution in [0.2, 0.25) is 0 Å². The smallest absolute Gasteiger partial charge is 0.497 e. The number of halogens is 6. The molecule has 11 heteroatoms. The van der Waals surface area contributed by atoms with Gasteiger partial charge < -0.3 is 19.5 Å². The molecule has 1 fully saturated rings. The first-order chi connectivity index (χ1) is 19.3. The first-order valence-electron chi connectivity index (χ1n) is 13.0. The van der Waals surface area contributed by atoms with E-state index in [1.807, 2.05) is 0 Å². The van der Waals surface area contributed by atoms with Crippen LogP contribution in [-0.4, -0.2) is 25.7 Å². The normalized spacial score (nSPS) is 14.5. The van der Waals surface area contributed by atoms with Gasteiger partial charge in [0.05, 0.1) is 12.6 Å². The second-order valence-corrected chi connectivity index (χ2v) is 9.98. The number of methoxy groups -OCH3 is 1. The number of ether oxygens (including phenoxy) is 3. The highest BCUT2D eigenvalue weighted by atomic mass is 19.4. The summed E-state index contributed by atoms with van der Waals surface area (Å²) < 4.78 is 92.3. The first-order valence-corrected chi connectivity index (χ1v) is 13.0. The van der Waals surface area contributed by atoms with Crippen LogP contribution in [0.1, 0.15) is 48.8 Å². The Morgan fingerprint density at radius 1 is 0.780 bits per heavy atom. The molecule has 0 bridgehead atoms. The topological polar surface area (TPSA) is 56.8 Å². The van der Waals surface area contributed by atoms with Crippen molar-refractivity contribution in [1.29, 1.82) is 0 Å². The highest BCUT2D eigenvalue weighted by Crippen LogP contribution is 2.39. The quantitative estimate of drug-likeness (QED) is 0.250. The Bertz CT molecular complexity index is 1260. The second-order valence-electron chi connectivity index (χ2n) is 9.98. The van der Waals surface area contributed by atoms with E-state index in [1.54, 1.807) is 24.3 Å². The van der Waals surface area contributed by atoms with Crippen molar-refractivity contribution in [1.82, 2.24) is 5.32 Å². The number of rotatable bonds is 10. The van der Waals surface area contributed by atoms with Crippen LogP contribution < -0.4 is 19.5 Å². The molecule has 3 aromatic carbocycles. The maximum atomic E-state index is 13.5. The summed E-state index contributed by atoms with van der Waals surface area (Å²) in [5.74, 6) is -0.780. The van der Waals surface area contributed by atoms with Crippen LogP contribution in [0, 0.1) is 5.92 Å². The van der Waals surface area contributed by atoms with Crippen molar-refractivity contribution in [3.05, 3.63) is 89.5 Å². The van der Waals surface area contributed by atoms with Crippen molar-refractivity contribution in [2.75, 3.05) is 7.11 Å². The van der Waals surface area contributed by atoms with Crippen LogP contribution in [-0.2, 0) is 16.8 Å². The lowest BCUT2D eigenvalue weighted by Gasteiger charge is -2.37. The Morgan fingerprint density at radius 2 is 1.29 bits per heavy atom. The largest absolute Gasteiger partial charge is 0.573 e. The second kappa shape index (κ2) is 12.3. The fourth-order valence-electron chi connectivity index (χ4n) is 5.29.